The molecule has 1 N–H and O–H groups in total. The van der Waals surface area contributed by atoms with Crippen LogP contribution in [0.5, 0.6) is 0 Å². The van der Waals surface area contributed by atoms with Crippen LogP contribution in [0, 0.1) is 12.8 Å². The molecule has 0 radical (unpaired) electrons. The number of hydrogen-bond donors (Lipinski definition) is 1. The molecule has 2 atom stereocenters. The Morgan fingerprint density at radius 3 is 2.50 bits per heavy atom. The van der Waals surface area contributed by atoms with Crippen molar-refractivity contribution in [3.8, 4) is 0 Å². The van der Waals surface area contributed by atoms with Crippen LogP contribution in [0.2, 0.25) is 0 Å². The van der Waals surface area contributed by atoms with Crippen LogP contribution >= 0.6 is 22.0 Å². The van der Waals surface area contributed by atoms with Crippen molar-refractivity contribution in [3.05, 3.63) is 15.8 Å². The lowest BCUT2D eigenvalue weighted by molar-refractivity contribution is 0.0939. The maximum absolute atomic E-state index is 12.1. The van der Waals surface area contributed by atoms with Crippen molar-refractivity contribution in [2.45, 2.75) is 51.5 Å². The van der Waals surface area contributed by atoms with Gasteiger partial charge in [0.15, 0.2) is 0 Å². The molecule has 114 valence electrons. The number of amides is 1. The number of rotatable bonds is 6. The summed E-state index contributed by atoms with van der Waals surface area (Å²) in [6.45, 7) is 7.83. The van der Waals surface area contributed by atoms with Crippen molar-refractivity contribution in [1.29, 1.82) is 0 Å². The van der Waals surface area contributed by atoms with Crippen LogP contribution in [0.3, 0.4) is 0 Å². The topological polar surface area (TPSA) is 63.2 Å². The number of thiophene rings is 1. The molecule has 0 aliphatic heterocycles. The lowest BCUT2D eigenvalue weighted by Gasteiger charge is -2.16. The molecule has 0 bridgehead atoms. The second-order valence-corrected chi connectivity index (χ2v) is 8.88. The molecule has 1 aromatic rings. The molecule has 1 rings (SSSR count). The van der Waals surface area contributed by atoms with E-state index in [1.54, 1.807) is 6.92 Å². The normalized spacial score (nSPS) is 14.8. The molecule has 0 aliphatic carbocycles. The predicted octanol–water partition coefficient (Wildman–Crippen LogP) is 3.54. The largest absolute Gasteiger partial charge is 0.349 e. The Labute approximate surface area is 129 Å². The second kappa shape index (κ2) is 6.91. The van der Waals surface area contributed by atoms with Gasteiger partial charge < -0.3 is 5.32 Å². The van der Waals surface area contributed by atoms with Crippen molar-refractivity contribution < 1.29 is 13.2 Å². The SMILES string of the molecule is CCC(C)CC(C)NC(=O)c1cc(S(=O)(=O)Cl)c(C)s1. The molecule has 1 heterocycles. The van der Waals surface area contributed by atoms with E-state index >= 15 is 0 Å². The average Bonchev–Trinajstić information content (AvgIpc) is 2.70. The van der Waals surface area contributed by atoms with Gasteiger partial charge >= 0.3 is 0 Å². The van der Waals surface area contributed by atoms with E-state index in [9.17, 15) is 13.2 Å². The summed E-state index contributed by atoms with van der Waals surface area (Å²) in [5, 5.41) is 2.89. The van der Waals surface area contributed by atoms with Crippen LogP contribution in [0.15, 0.2) is 11.0 Å². The average molecular weight is 338 g/mol. The number of aryl methyl sites for hydroxylation is 1. The fourth-order valence-corrected chi connectivity index (χ4v) is 4.51. The molecule has 0 saturated carbocycles. The molecule has 0 aliphatic rings. The van der Waals surface area contributed by atoms with Crippen LogP contribution in [-0.2, 0) is 9.05 Å². The zero-order chi connectivity index (χ0) is 15.5. The molecular formula is C13H20ClNO3S2. The number of carbonyl (C=O) groups is 1. The van der Waals surface area contributed by atoms with Gasteiger partial charge in [0.1, 0.15) is 0 Å². The Balaban J connectivity index is 2.79. The fourth-order valence-electron chi connectivity index (χ4n) is 1.94. The monoisotopic (exact) mass is 337 g/mol. The number of nitrogens with one attached hydrogen (secondary N) is 1. The van der Waals surface area contributed by atoms with Gasteiger partial charge in [-0.3, -0.25) is 4.79 Å². The number of hydrogen-bond acceptors (Lipinski definition) is 4. The van der Waals surface area contributed by atoms with Gasteiger partial charge in [0.25, 0.3) is 15.0 Å². The molecular weight excluding hydrogens is 318 g/mol. The van der Waals surface area contributed by atoms with Crippen LogP contribution < -0.4 is 5.32 Å². The van der Waals surface area contributed by atoms with E-state index < -0.39 is 9.05 Å². The van der Waals surface area contributed by atoms with E-state index in [0.29, 0.717) is 15.7 Å². The van der Waals surface area contributed by atoms with E-state index in [2.05, 4.69) is 19.2 Å². The summed E-state index contributed by atoms with van der Waals surface area (Å²) in [4.78, 5) is 13.0. The summed E-state index contributed by atoms with van der Waals surface area (Å²) in [6, 6.07) is 1.39. The van der Waals surface area contributed by atoms with Gasteiger partial charge in [-0.05, 0) is 32.3 Å². The van der Waals surface area contributed by atoms with E-state index in [1.807, 2.05) is 6.92 Å². The molecule has 0 aromatic carbocycles. The highest BCUT2D eigenvalue weighted by atomic mass is 35.7. The first kappa shape index (κ1) is 17.5. The van der Waals surface area contributed by atoms with Gasteiger partial charge in [-0.25, -0.2) is 8.42 Å². The van der Waals surface area contributed by atoms with Crippen LogP contribution in [0.25, 0.3) is 0 Å². The third-order valence-electron chi connectivity index (χ3n) is 3.19. The molecule has 0 fully saturated rings. The minimum Gasteiger partial charge on any atom is -0.349 e. The van der Waals surface area contributed by atoms with Crippen molar-refractivity contribution in [2.75, 3.05) is 0 Å². The molecule has 20 heavy (non-hydrogen) atoms. The van der Waals surface area contributed by atoms with Gasteiger partial charge in [0, 0.05) is 21.6 Å². The zero-order valence-electron chi connectivity index (χ0n) is 12.1. The molecule has 1 amide bonds. The molecule has 0 spiro atoms. The summed E-state index contributed by atoms with van der Waals surface area (Å²) < 4.78 is 22.7. The zero-order valence-corrected chi connectivity index (χ0v) is 14.5. The van der Waals surface area contributed by atoms with Crippen molar-refractivity contribution in [2.24, 2.45) is 5.92 Å². The lowest BCUT2D eigenvalue weighted by atomic mass is 10.0. The third-order valence-corrected chi connectivity index (χ3v) is 5.82. The summed E-state index contributed by atoms with van der Waals surface area (Å²) in [5.41, 5.74) is 0. The molecule has 7 heteroatoms. The quantitative estimate of drug-likeness (QED) is 0.807. The second-order valence-electron chi connectivity index (χ2n) is 5.09. The highest BCUT2D eigenvalue weighted by Crippen LogP contribution is 2.28. The first-order valence-electron chi connectivity index (χ1n) is 6.51. The minimum atomic E-state index is -3.79. The Morgan fingerprint density at radius 1 is 1.45 bits per heavy atom. The van der Waals surface area contributed by atoms with Gasteiger partial charge in [0.2, 0.25) is 0 Å². The van der Waals surface area contributed by atoms with E-state index in [0.717, 1.165) is 24.2 Å². The highest BCUT2D eigenvalue weighted by Gasteiger charge is 2.21. The van der Waals surface area contributed by atoms with E-state index in [1.165, 1.54) is 6.07 Å². The van der Waals surface area contributed by atoms with Crippen LogP contribution in [0.4, 0.5) is 0 Å². The Morgan fingerprint density at radius 2 is 2.05 bits per heavy atom. The smallest absolute Gasteiger partial charge is 0.262 e. The lowest BCUT2D eigenvalue weighted by Crippen LogP contribution is -2.33. The Hall–Kier alpha value is -0.590. The predicted molar refractivity (Wildman–Crippen MR) is 83.1 cm³/mol. The standard InChI is InChI=1S/C13H20ClNO3S2/c1-5-8(2)6-9(3)15-13(16)11-7-12(10(4)19-11)20(14,17)18/h7-9H,5-6H2,1-4H3,(H,15,16). The van der Waals surface area contributed by atoms with Gasteiger partial charge in [-0.2, -0.15) is 0 Å². The van der Waals surface area contributed by atoms with E-state index in [-0.39, 0.29) is 16.8 Å². The van der Waals surface area contributed by atoms with Crippen molar-refractivity contribution in [1.82, 2.24) is 5.32 Å². The fraction of sp³-hybridized carbons (Fsp3) is 0.615. The summed E-state index contributed by atoms with van der Waals surface area (Å²) in [5.74, 6) is 0.287. The van der Waals surface area contributed by atoms with Gasteiger partial charge in [0.05, 0.1) is 9.77 Å². The maximum Gasteiger partial charge on any atom is 0.262 e. The number of halogens is 1. The maximum atomic E-state index is 12.1. The van der Waals surface area contributed by atoms with Crippen molar-refractivity contribution >= 4 is 37.0 Å². The number of carbonyl (C=O) groups excluding carboxylic acids is 1. The molecule has 0 saturated heterocycles. The third kappa shape index (κ3) is 4.75. The highest BCUT2D eigenvalue weighted by molar-refractivity contribution is 8.13. The minimum absolute atomic E-state index is 0.0175. The van der Waals surface area contributed by atoms with Crippen molar-refractivity contribution in [3.63, 3.8) is 0 Å². The first-order chi connectivity index (χ1) is 9.15. The molecule has 2 unspecified atom stereocenters. The molecule has 1 aromatic heterocycles. The Kier molecular flexibility index (Phi) is 6.04. The van der Waals surface area contributed by atoms with E-state index in [4.69, 9.17) is 10.7 Å². The van der Waals surface area contributed by atoms with Gasteiger partial charge in [-0.1, -0.05) is 20.3 Å². The summed E-state index contributed by atoms with van der Waals surface area (Å²) in [6.07, 6.45) is 1.96. The summed E-state index contributed by atoms with van der Waals surface area (Å²) >= 11 is 1.14. The first-order valence-corrected chi connectivity index (χ1v) is 9.63. The summed E-state index contributed by atoms with van der Waals surface area (Å²) in [7, 11) is 1.53. The Bertz CT molecular complexity index is 580. The van der Waals surface area contributed by atoms with Gasteiger partial charge in [-0.15, -0.1) is 11.3 Å². The molecule has 4 nitrogen and oxygen atoms in total. The van der Waals surface area contributed by atoms with Crippen LogP contribution in [0.1, 0.15) is 48.2 Å². The van der Waals surface area contributed by atoms with Crippen LogP contribution in [-0.4, -0.2) is 20.4 Å².